The van der Waals surface area contributed by atoms with Gasteiger partial charge in [0.2, 0.25) is 11.8 Å². The van der Waals surface area contributed by atoms with Crippen molar-refractivity contribution in [3.63, 3.8) is 0 Å². The summed E-state index contributed by atoms with van der Waals surface area (Å²) < 4.78 is 0. The first-order chi connectivity index (χ1) is 14.7. The third-order valence-corrected chi connectivity index (χ3v) is 4.98. The van der Waals surface area contributed by atoms with E-state index in [9.17, 15) is 9.59 Å². The molecule has 3 aromatic carbocycles. The number of carbonyl (C=O) groups excluding carboxylic acids is 2. The van der Waals surface area contributed by atoms with Crippen LogP contribution < -0.4 is 10.2 Å². The lowest BCUT2D eigenvalue weighted by molar-refractivity contribution is -0.120. The molecule has 0 fully saturated rings. The van der Waals surface area contributed by atoms with E-state index >= 15 is 0 Å². The Morgan fingerprint density at radius 2 is 1.37 bits per heavy atom. The van der Waals surface area contributed by atoms with E-state index in [1.807, 2.05) is 79.7 Å². The molecule has 30 heavy (non-hydrogen) atoms. The van der Waals surface area contributed by atoms with E-state index in [0.29, 0.717) is 25.9 Å². The number of rotatable bonds is 9. The van der Waals surface area contributed by atoms with Crippen molar-refractivity contribution in [1.82, 2.24) is 5.32 Å². The highest BCUT2D eigenvalue weighted by Gasteiger charge is 2.15. The minimum absolute atomic E-state index is 0.00413. The van der Waals surface area contributed by atoms with Crippen LogP contribution in [-0.2, 0) is 29.0 Å². The molecule has 0 spiro atoms. The average molecular weight is 401 g/mol. The number of amides is 2. The molecule has 0 radical (unpaired) electrons. The molecule has 0 bridgehead atoms. The largest absolute Gasteiger partial charge is 0.355 e. The van der Waals surface area contributed by atoms with Gasteiger partial charge in [0.15, 0.2) is 0 Å². The molecule has 0 saturated carbocycles. The number of hydrogen-bond acceptors (Lipinski definition) is 2. The van der Waals surface area contributed by atoms with Crippen LogP contribution in [0.2, 0.25) is 0 Å². The average Bonchev–Trinajstić information content (AvgIpc) is 2.79. The van der Waals surface area contributed by atoms with E-state index in [2.05, 4.69) is 17.4 Å². The van der Waals surface area contributed by atoms with E-state index in [0.717, 1.165) is 23.2 Å². The fraction of sp³-hybridized carbons (Fsp3) is 0.231. The van der Waals surface area contributed by atoms with Gasteiger partial charge >= 0.3 is 0 Å². The summed E-state index contributed by atoms with van der Waals surface area (Å²) in [7, 11) is 0. The van der Waals surface area contributed by atoms with Crippen molar-refractivity contribution in [3.05, 3.63) is 102 Å². The van der Waals surface area contributed by atoms with Gasteiger partial charge in [-0.25, -0.2) is 0 Å². The van der Waals surface area contributed by atoms with E-state index in [-0.39, 0.29) is 11.8 Å². The lowest BCUT2D eigenvalue weighted by atomic mass is 10.1. The summed E-state index contributed by atoms with van der Waals surface area (Å²) in [5.74, 6) is 0.0784. The van der Waals surface area contributed by atoms with Gasteiger partial charge in [-0.3, -0.25) is 9.59 Å². The van der Waals surface area contributed by atoms with Gasteiger partial charge in [0, 0.05) is 18.7 Å². The van der Waals surface area contributed by atoms with E-state index < -0.39 is 0 Å². The number of benzene rings is 3. The predicted molar refractivity (Wildman–Crippen MR) is 121 cm³/mol. The highest BCUT2D eigenvalue weighted by Crippen LogP contribution is 2.20. The van der Waals surface area contributed by atoms with Crippen LogP contribution in [-0.4, -0.2) is 18.4 Å². The summed E-state index contributed by atoms with van der Waals surface area (Å²) in [4.78, 5) is 26.5. The van der Waals surface area contributed by atoms with E-state index in [4.69, 9.17) is 0 Å². The minimum Gasteiger partial charge on any atom is -0.355 e. The molecule has 1 N–H and O–H groups in total. The monoisotopic (exact) mass is 400 g/mol. The second kappa shape index (κ2) is 11.0. The highest BCUT2D eigenvalue weighted by molar-refractivity contribution is 5.93. The summed E-state index contributed by atoms with van der Waals surface area (Å²) in [6.45, 7) is 3.03. The predicted octanol–water partition coefficient (Wildman–Crippen LogP) is 4.53. The van der Waals surface area contributed by atoms with Gasteiger partial charge in [0.1, 0.15) is 0 Å². The third kappa shape index (κ3) is 6.31. The second-order valence-electron chi connectivity index (χ2n) is 7.25. The lowest BCUT2D eigenvalue weighted by Crippen LogP contribution is -2.29. The molecule has 0 saturated heterocycles. The Kier molecular flexibility index (Phi) is 7.78. The molecule has 3 rings (SSSR count). The molecule has 0 unspecified atom stereocenters. The van der Waals surface area contributed by atoms with Gasteiger partial charge in [0.05, 0.1) is 13.0 Å². The first kappa shape index (κ1) is 21.3. The van der Waals surface area contributed by atoms with Gasteiger partial charge in [-0.1, -0.05) is 79.7 Å². The SMILES string of the molecule is CCC(=O)N(Cc1ccccc1)c1ccc(CC(=O)NCCc2ccccc2)cc1. The molecule has 3 aromatic rings. The topological polar surface area (TPSA) is 49.4 Å². The maximum Gasteiger partial charge on any atom is 0.227 e. The zero-order chi connectivity index (χ0) is 21.2. The van der Waals surface area contributed by atoms with Crippen LogP contribution in [0.4, 0.5) is 5.69 Å². The Bertz CT molecular complexity index is 938. The van der Waals surface area contributed by atoms with Crippen molar-refractivity contribution < 1.29 is 9.59 Å². The first-order valence-corrected chi connectivity index (χ1v) is 10.4. The van der Waals surface area contributed by atoms with Crippen molar-refractivity contribution in [3.8, 4) is 0 Å². The molecular weight excluding hydrogens is 372 g/mol. The Morgan fingerprint density at radius 3 is 1.97 bits per heavy atom. The van der Waals surface area contributed by atoms with Crippen LogP contribution in [0.15, 0.2) is 84.9 Å². The molecule has 2 amide bonds. The van der Waals surface area contributed by atoms with Crippen molar-refractivity contribution in [1.29, 1.82) is 0 Å². The maximum absolute atomic E-state index is 12.5. The Hall–Kier alpha value is -3.40. The number of anilines is 1. The van der Waals surface area contributed by atoms with Crippen molar-refractivity contribution in [2.75, 3.05) is 11.4 Å². The van der Waals surface area contributed by atoms with Crippen LogP contribution in [0.5, 0.6) is 0 Å². The van der Waals surface area contributed by atoms with Crippen molar-refractivity contribution in [2.45, 2.75) is 32.7 Å². The van der Waals surface area contributed by atoms with Crippen LogP contribution in [0.25, 0.3) is 0 Å². The van der Waals surface area contributed by atoms with Crippen LogP contribution in [0.3, 0.4) is 0 Å². The standard InChI is InChI=1S/C26H28N2O2/c1-2-26(30)28(20-23-11-7-4-8-12-23)24-15-13-22(14-16-24)19-25(29)27-18-17-21-9-5-3-6-10-21/h3-16H,2,17-20H2,1H3,(H,27,29). The lowest BCUT2D eigenvalue weighted by Gasteiger charge is -2.23. The number of carbonyl (C=O) groups is 2. The zero-order valence-corrected chi connectivity index (χ0v) is 17.4. The van der Waals surface area contributed by atoms with Gasteiger partial charge in [0.25, 0.3) is 0 Å². The third-order valence-electron chi connectivity index (χ3n) is 4.98. The molecule has 4 heteroatoms. The summed E-state index contributed by atoms with van der Waals surface area (Å²) in [5, 5.41) is 2.97. The summed E-state index contributed by atoms with van der Waals surface area (Å²) in [6.07, 6.45) is 1.59. The maximum atomic E-state index is 12.5. The van der Waals surface area contributed by atoms with Crippen molar-refractivity contribution in [2.24, 2.45) is 0 Å². The molecule has 0 aliphatic heterocycles. The fourth-order valence-electron chi connectivity index (χ4n) is 3.31. The summed E-state index contributed by atoms with van der Waals surface area (Å²) in [5.41, 5.74) is 4.07. The molecule has 0 aliphatic rings. The number of nitrogens with zero attached hydrogens (tertiary/aromatic N) is 1. The second-order valence-corrected chi connectivity index (χ2v) is 7.25. The molecule has 4 nitrogen and oxygen atoms in total. The smallest absolute Gasteiger partial charge is 0.227 e. The van der Waals surface area contributed by atoms with Gasteiger partial charge in [-0.05, 0) is 35.2 Å². The normalized spacial score (nSPS) is 10.4. The molecule has 0 atom stereocenters. The zero-order valence-electron chi connectivity index (χ0n) is 17.4. The highest BCUT2D eigenvalue weighted by atomic mass is 16.2. The molecular formula is C26H28N2O2. The first-order valence-electron chi connectivity index (χ1n) is 10.4. The molecule has 154 valence electrons. The quantitative estimate of drug-likeness (QED) is 0.574. The summed E-state index contributed by atoms with van der Waals surface area (Å²) in [6, 6.07) is 27.8. The number of hydrogen-bond donors (Lipinski definition) is 1. The van der Waals surface area contributed by atoms with Gasteiger partial charge < -0.3 is 10.2 Å². The van der Waals surface area contributed by atoms with Crippen LogP contribution in [0.1, 0.15) is 30.0 Å². The summed E-state index contributed by atoms with van der Waals surface area (Å²) >= 11 is 0. The molecule has 0 heterocycles. The molecule has 0 aliphatic carbocycles. The van der Waals surface area contributed by atoms with Gasteiger partial charge in [-0.2, -0.15) is 0 Å². The fourth-order valence-corrected chi connectivity index (χ4v) is 3.31. The van der Waals surface area contributed by atoms with Crippen LogP contribution >= 0.6 is 0 Å². The number of nitrogens with one attached hydrogen (secondary N) is 1. The van der Waals surface area contributed by atoms with E-state index in [1.165, 1.54) is 5.56 Å². The molecule has 0 aromatic heterocycles. The Labute approximate surface area is 178 Å². The van der Waals surface area contributed by atoms with Crippen LogP contribution in [0, 0.1) is 0 Å². The van der Waals surface area contributed by atoms with Gasteiger partial charge in [-0.15, -0.1) is 0 Å². The Balaban J connectivity index is 1.56. The minimum atomic E-state index is 0.00413. The van der Waals surface area contributed by atoms with Crippen molar-refractivity contribution >= 4 is 17.5 Å². The van der Waals surface area contributed by atoms with E-state index in [1.54, 1.807) is 4.90 Å². The Morgan fingerprint density at radius 1 is 0.767 bits per heavy atom.